The number of carbonyl (C=O) groups excluding carboxylic acids is 1. The van der Waals surface area contributed by atoms with E-state index in [1.54, 1.807) is 7.05 Å². The van der Waals surface area contributed by atoms with Crippen LogP contribution in [-0.2, 0) is 4.79 Å². The SMILES string of the molecule is CCNC(=O)CCNc1nc(NC)ncc1F. The lowest BCUT2D eigenvalue weighted by molar-refractivity contribution is -0.120. The highest BCUT2D eigenvalue weighted by atomic mass is 19.1. The molecule has 7 heteroatoms. The Labute approximate surface area is 99.0 Å². The first-order chi connectivity index (χ1) is 8.17. The van der Waals surface area contributed by atoms with Crippen LogP contribution in [0.25, 0.3) is 0 Å². The molecule has 0 aliphatic carbocycles. The molecule has 1 heterocycles. The van der Waals surface area contributed by atoms with Gasteiger partial charge in [-0.2, -0.15) is 4.98 Å². The van der Waals surface area contributed by atoms with Crippen LogP contribution in [0.2, 0.25) is 0 Å². The molecule has 1 rings (SSSR count). The molecule has 17 heavy (non-hydrogen) atoms. The van der Waals surface area contributed by atoms with Crippen molar-refractivity contribution in [3.05, 3.63) is 12.0 Å². The Balaban J connectivity index is 2.48. The summed E-state index contributed by atoms with van der Waals surface area (Å²) in [5.41, 5.74) is 0. The van der Waals surface area contributed by atoms with Crippen molar-refractivity contribution in [2.45, 2.75) is 13.3 Å². The first kappa shape index (κ1) is 13.1. The third kappa shape index (κ3) is 4.21. The van der Waals surface area contributed by atoms with E-state index in [2.05, 4.69) is 25.9 Å². The Morgan fingerprint density at radius 2 is 2.29 bits per heavy atom. The van der Waals surface area contributed by atoms with E-state index >= 15 is 0 Å². The van der Waals surface area contributed by atoms with Crippen LogP contribution >= 0.6 is 0 Å². The van der Waals surface area contributed by atoms with Gasteiger partial charge in [-0.25, -0.2) is 9.37 Å². The molecule has 1 aromatic heterocycles. The van der Waals surface area contributed by atoms with Crippen molar-refractivity contribution in [3.8, 4) is 0 Å². The van der Waals surface area contributed by atoms with Gasteiger partial charge in [0.05, 0.1) is 6.20 Å². The van der Waals surface area contributed by atoms with Crippen molar-refractivity contribution in [2.75, 3.05) is 30.8 Å². The summed E-state index contributed by atoms with van der Waals surface area (Å²) < 4.78 is 13.3. The van der Waals surface area contributed by atoms with Crippen LogP contribution in [0.1, 0.15) is 13.3 Å². The van der Waals surface area contributed by atoms with Crippen LogP contribution in [0, 0.1) is 5.82 Å². The van der Waals surface area contributed by atoms with Crippen LogP contribution in [0.5, 0.6) is 0 Å². The largest absolute Gasteiger partial charge is 0.367 e. The van der Waals surface area contributed by atoms with Crippen LogP contribution in [0.3, 0.4) is 0 Å². The average molecular weight is 241 g/mol. The van der Waals surface area contributed by atoms with Crippen molar-refractivity contribution in [2.24, 2.45) is 0 Å². The molecule has 3 N–H and O–H groups in total. The third-order valence-corrected chi connectivity index (χ3v) is 1.99. The molecule has 0 aromatic carbocycles. The summed E-state index contributed by atoms with van der Waals surface area (Å²) in [6.07, 6.45) is 1.35. The Morgan fingerprint density at radius 3 is 2.94 bits per heavy atom. The first-order valence-corrected chi connectivity index (χ1v) is 5.38. The maximum Gasteiger partial charge on any atom is 0.224 e. The average Bonchev–Trinajstić information content (AvgIpc) is 2.32. The van der Waals surface area contributed by atoms with Gasteiger partial charge in [0.25, 0.3) is 0 Å². The highest BCUT2D eigenvalue weighted by Crippen LogP contribution is 2.11. The van der Waals surface area contributed by atoms with E-state index in [4.69, 9.17) is 0 Å². The molecule has 0 aliphatic heterocycles. The summed E-state index contributed by atoms with van der Waals surface area (Å²) in [5.74, 6) is -0.205. The van der Waals surface area contributed by atoms with Crippen molar-refractivity contribution in [3.63, 3.8) is 0 Å². The monoisotopic (exact) mass is 241 g/mol. The molecule has 0 spiro atoms. The van der Waals surface area contributed by atoms with Gasteiger partial charge in [-0.1, -0.05) is 0 Å². The molecular weight excluding hydrogens is 225 g/mol. The minimum atomic E-state index is -0.542. The second-order valence-electron chi connectivity index (χ2n) is 3.27. The van der Waals surface area contributed by atoms with Crippen LogP contribution in [0.4, 0.5) is 16.2 Å². The molecule has 0 radical (unpaired) electrons. The fourth-order valence-corrected chi connectivity index (χ4v) is 1.19. The van der Waals surface area contributed by atoms with Gasteiger partial charge in [-0.3, -0.25) is 4.79 Å². The fraction of sp³-hybridized carbons (Fsp3) is 0.500. The van der Waals surface area contributed by atoms with E-state index in [0.29, 0.717) is 19.0 Å². The summed E-state index contributed by atoms with van der Waals surface area (Å²) in [6, 6.07) is 0. The number of carbonyl (C=O) groups is 1. The van der Waals surface area contributed by atoms with Crippen LogP contribution in [-0.4, -0.2) is 36.0 Å². The van der Waals surface area contributed by atoms with Gasteiger partial charge in [-0.05, 0) is 6.92 Å². The zero-order valence-electron chi connectivity index (χ0n) is 9.88. The predicted octanol–water partition coefficient (Wildman–Crippen LogP) is 0.595. The third-order valence-electron chi connectivity index (χ3n) is 1.99. The highest BCUT2D eigenvalue weighted by Gasteiger charge is 2.06. The van der Waals surface area contributed by atoms with Crippen molar-refractivity contribution >= 4 is 17.7 Å². The van der Waals surface area contributed by atoms with E-state index in [1.807, 2.05) is 6.92 Å². The molecule has 0 unspecified atom stereocenters. The predicted molar refractivity (Wildman–Crippen MR) is 63.3 cm³/mol. The number of rotatable bonds is 6. The molecule has 94 valence electrons. The smallest absolute Gasteiger partial charge is 0.224 e. The zero-order chi connectivity index (χ0) is 12.7. The topological polar surface area (TPSA) is 78.9 Å². The molecule has 0 fully saturated rings. The number of halogens is 1. The molecular formula is C10H16FN5O. The minimum Gasteiger partial charge on any atom is -0.367 e. The van der Waals surface area contributed by atoms with E-state index in [-0.39, 0.29) is 18.1 Å². The number of nitrogens with one attached hydrogen (secondary N) is 3. The molecule has 0 aliphatic rings. The number of hydrogen-bond donors (Lipinski definition) is 3. The maximum atomic E-state index is 13.3. The molecule has 1 aromatic rings. The van der Waals surface area contributed by atoms with E-state index < -0.39 is 5.82 Å². The van der Waals surface area contributed by atoms with Crippen molar-refractivity contribution in [1.82, 2.24) is 15.3 Å². The Bertz CT molecular complexity index is 385. The summed E-state index contributed by atoms with van der Waals surface area (Å²) >= 11 is 0. The molecule has 0 bridgehead atoms. The van der Waals surface area contributed by atoms with Crippen molar-refractivity contribution < 1.29 is 9.18 Å². The van der Waals surface area contributed by atoms with Gasteiger partial charge < -0.3 is 16.0 Å². The zero-order valence-corrected chi connectivity index (χ0v) is 9.88. The lowest BCUT2D eigenvalue weighted by atomic mass is 10.4. The summed E-state index contributed by atoms with van der Waals surface area (Å²) in [7, 11) is 1.64. The second kappa shape index (κ2) is 6.62. The molecule has 0 saturated carbocycles. The van der Waals surface area contributed by atoms with Gasteiger partial charge in [0.2, 0.25) is 11.9 Å². The van der Waals surface area contributed by atoms with Crippen molar-refractivity contribution in [1.29, 1.82) is 0 Å². The summed E-state index contributed by atoms with van der Waals surface area (Å²) in [5, 5.41) is 8.11. The quantitative estimate of drug-likeness (QED) is 0.679. The van der Waals surface area contributed by atoms with E-state index in [0.717, 1.165) is 6.20 Å². The van der Waals surface area contributed by atoms with Gasteiger partial charge in [0, 0.05) is 26.6 Å². The highest BCUT2D eigenvalue weighted by molar-refractivity contribution is 5.76. The number of anilines is 2. The van der Waals surface area contributed by atoms with Crippen LogP contribution in [0.15, 0.2) is 6.20 Å². The van der Waals surface area contributed by atoms with Crippen LogP contribution < -0.4 is 16.0 Å². The fourth-order valence-electron chi connectivity index (χ4n) is 1.19. The molecule has 6 nitrogen and oxygen atoms in total. The molecule has 0 saturated heterocycles. The number of aromatic nitrogens is 2. The van der Waals surface area contributed by atoms with Gasteiger partial charge >= 0.3 is 0 Å². The van der Waals surface area contributed by atoms with Gasteiger partial charge in [0.1, 0.15) is 0 Å². The maximum absolute atomic E-state index is 13.3. The van der Waals surface area contributed by atoms with E-state index in [1.165, 1.54) is 0 Å². The number of amides is 1. The second-order valence-corrected chi connectivity index (χ2v) is 3.27. The standard InChI is InChI=1S/C10H16FN5O/c1-3-13-8(17)4-5-14-9-7(11)6-15-10(12-2)16-9/h6H,3-5H2,1-2H3,(H,13,17)(H2,12,14,15,16). The number of nitrogens with zero attached hydrogens (tertiary/aromatic N) is 2. The summed E-state index contributed by atoms with van der Waals surface area (Å²) in [6.45, 7) is 2.75. The normalized spacial score (nSPS) is 9.82. The lowest BCUT2D eigenvalue weighted by Crippen LogP contribution is -2.25. The first-order valence-electron chi connectivity index (χ1n) is 5.38. The summed E-state index contributed by atoms with van der Waals surface area (Å²) in [4.78, 5) is 18.8. The molecule has 0 atom stereocenters. The van der Waals surface area contributed by atoms with E-state index in [9.17, 15) is 9.18 Å². The van der Waals surface area contributed by atoms with Gasteiger partial charge in [0.15, 0.2) is 11.6 Å². The molecule has 1 amide bonds. The Morgan fingerprint density at radius 1 is 1.53 bits per heavy atom. The van der Waals surface area contributed by atoms with Gasteiger partial charge in [-0.15, -0.1) is 0 Å². The Hall–Kier alpha value is -1.92. The Kier molecular flexibility index (Phi) is 5.12. The lowest BCUT2D eigenvalue weighted by Gasteiger charge is -2.07. The minimum absolute atomic E-state index is 0.0803. The number of hydrogen-bond acceptors (Lipinski definition) is 5.